The molecule has 0 unspecified atom stereocenters. The summed E-state index contributed by atoms with van der Waals surface area (Å²) in [5, 5.41) is 9.28. The Kier molecular flexibility index (Phi) is 4.58. The van der Waals surface area contributed by atoms with Crippen LogP contribution in [0.25, 0.3) is 0 Å². The first-order chi connectivity index (χ1) is 12.3. The molecule has 0 fully saturated rings. The molecule has 0 bridgehead atoms. The molecule has 8 heteroatoms. The lowest BCUT2D eigenvalue weighted by Crippen LogP contribution is -2.34. The Morgan fingerprint density at radius 3 is 2.65 bits per heavy atom. The van der Waals surface area contributed by atoms with E-state index in [1.54, 1.807) is 25.1 Å². The van der Waals surface area contributed by atoms with Crippen LogP contribution in [0.5, 0.6) is 11.5 Å². The molecule has 2 amide bonds. The molecule has 8 nitrogen and oxygen atoms in total. The van der Waals surface area contributed by atoms with Gasteiger partial charge in [-0.1, -0.05) is 25.9 Å². The fourth-order valence-corrected chi connectivity index (χ4v) is 2.58. The average molecular weight is 359 g/mol. The Hall–Kier alpha value is -3.03. The number of fused-ring (bicyclic) bond motifs is 1. The monoisotopic (exact) mass is 359 g/mol. The van der Waals surface area contributed by atoms with Gasteiger partial charge in [0.25, 0.3) is 5.91 Å². The fraction of sp³-hybridized carbons (Fsp3) is 0.389. The van der Waals surface area contributed by atoms with Crippen molar-refractivity contribution in [2.24, 2.45) is 0 Å². The predicted octanol–water partition coefficient (Wildman–Crippen LogP) is 2.38. The summed E-state index contributed by atoms with van der Waals surface area (Å²) in [4.78, 5) is 24.6. The molecule has 1 aliphatic heterocycles. The first-order valence-electron chi connectivity index (χ1n) is 8.20. The number of benzene rings is 1. The van der Waals surface area contributed by atoms with Crippen LogP contribution in [-0.2, 0) is 10.2 Å². The van der Waals surface area contributed by atoms with Gasteiger partial charge in [0.2, 0.25) is 12.7 Å². The SMILES string of the molecule is Cc1onc(C(C)(C)C)c1C(=O)NCC(=O)Nc1ccc2c(c1)OCO2. The normalized spacial score (nSPS) is 12.8. The first-order valence-corrected chi connectivity index (χ1v) is 8.20. The molecule has 0 spiro atoms. The van der Waals surface area contributed by atoms with Crippen LogP contribution in [0, 0.1) is 6.92 Å². The number of amides is 2. The summed E-state index contributed by atoms with van der Waals surface area (Å²) in [6, 6.07) is 5.09. The van der Waals surface area contributed by atoms with Gasteiger partial charge in [-0.3, -0.25) is 9.59 Å². The summed E-state index contributed by atoms with van der Waals surface area (Å²) < 4.78 is 15.6. The van der Waals surface area contributed by atoms with Gasteiger partial charge in [0, 0.05) is 17.2 Å². The van der Waals surface area contributed by atoms with Crippen LogP contribution in [0.4, 0.5) is 5.69 Å². The number of nitrogens with one attached hydrogen (secondary N) is 2. The zero-order chi connectivity index (χ0) is 18.9. The molecule has 0 saturated carbocycles. The number of hydrogen-bond acceptors (Lipinski definition) is 6. The molecule has 0 atom stereocenters. The van der Waals surface area contributed by atoms with Crippen molar-refractivity contribution in [2.45, 2.75) is 33.1 Å². The molecule has 0 radical (unpaired) electrons. The van der Waals surface area contributed by atoms with Crippen molar-refractivity contribution in [3.63, 3.8) is 0 Å². The Labute approximate surface area is 150 Å². The number of aryl methyl sites for hydroxylation is 1. The highest BCUT2D eigenvalue weighted by molar-refractivity contribution is 6.00. The minimum absolute atomic E-state index is 0.164. The van der Waals surface area contributed by atoms with Crippen molar-refractivity contribution >= 4 is 17.5 Å². The molecule has 1 aromatic heterocycles. The smallest absolute Gasteiger partial charge is 0.257 e. The second-order valence-electron chi connectivity index (χ2n) is 7.01. The van der Waals surface area contributed by atoms with E-state index in [1.165, 1.54) is 0 Å². The lowest BCUT2D eigenvalue weighted by atomic mass is 9.88. The minimum atomic E-state index is -0.394. The van der Waals surface area contributed by atoms with Gasteiger partial charge in [0.05, 0.1) is 6.54 Å². The maximum absolute atomic E-state index is 12.5. The minimum Gasteiger partial charge on any atom is -0.454 e. The third-order valence-electron chi connectivity index (χ3n) is 3.87. The lowest BCUT2D eigenvalue weighted by Gasteiger charge is -2.16. The number of ether oxygens (including phenoxy) is 2. The van der Waals surface area contributed by atoms with E-state index in [1.807, 2.05) is 20.8 Å². The molecule has 1 aliphatic rings. The average Bonchev–Trinajstić information content (AvgIpc) is 3.18. The highest BCUT2D eigenvalue weighted by atomic mass is 16.7. The van der Waals surface area contributed by atoms with Gasteiger partial charge < -0.3 is 24.6 Å². The number of rotatable bonds is 4. The number of carbonyl (C=O) groups excluding carboxylic acids is 2. The summed E-state index contributed by atoms with van der Waals surface area (Å²) >= 11 is 0. The number of anilines is 1. The summed E-state index contributed by atoms with van der Waals surface area (Å²) in [7, 11) is 0. The van der Waals surface area contributed by atoms with Crippen molar-refractivity contribution in [3.8, 4) is 11.5 Å². The van der Waals surface area contributed by atoms with Crippen LogP contribution in [0.15, 0.2) is 22.7 Å². The zero-order valence-corrected chi connectivity index (χ0v) is 15.1. The molecule has 0 saturated heterocycles. The molecule has 138 valence electrons. The Balaban J connectivity index is 1.61. The van der Waals surface area contributed by atoms with Crippen LogP contribution in [0.3, 0.4) is 0 Å². The van der Waals surface area contributed by atoms with Crippen LogP contribution < -0.4 is 20.1 Å². The van der Waals surface area contributed by atoms with Gasteiger partial charge >= 0.3 is 0 Å². The Morgan fingerprint density at radius 1 is 1.19 bits per heavy atom. The lowest BCUT2D eigenvalue weighted by molar-refractivity contribution is -0.115. The van der Waals surface area contributed by atoms with Crippen molar-refractivity contribution in [2.75, 3.05) is 18.7 Å². The molecule has 2 heterocycles. The van der Waals surface area contributed by atoms with E-state index in [0.717, 1.165) is 0 Å². The number of hydrogen-bond donors (Lipinski definition) is 2. The Morgan fingerprint density at radius 2 is 1.92 bits per heavy atom. The molecular formula is C18H21N3O5. The number of carbonyl (C=O) groups is 2. The van der Waals surface area contributed by atoms with Crippen LogP contribution in [0.2, 0.25) is 0 Å². The summed E-state index contributed by atoms with van der Waals surface area (Å²) in [6.07, 6.45) is 0. The molecule has 3 rings (SSSR count). The molecular weight excluding hydrogens is 338 g/mol. The summed E-state index contributed by atoms with van der Waals surface area (Å²) in [6.45, 7) is 7.47. The summed E-state index contributed by atoms with van der Waals surface area (Å²) in [5.74, 6) is 0.873. The number of nitrogens with zero attached hydrogens (tertiary/aromatic N) is 1. The topological polar surface area (TPSA) is 103 Å². The predicted molar refractivity (Wildman–Crippen MR) is 93.5 cm³/mol. The van der Waals surface area contributed by atoms with E-state index in [2.05, 4.69) is 15.8 Å². The van der Waals surface area contributed by atoms with Crippen LogP contribution >= 0.6 is 0 Å². The van der Waals surface area contributed by atoms with Gasteiger partial charge in [-0.25, -0.2) is 0 Å². The van der Waals surface area contributed by atoms with Crippen molar-refractivity contribution in [1.29, 1.82) is 0 Å². The van der Waals surface area contributed by atoms with Gasteiger partial charge in [-0.05, 0) is 19.1 Å². The maximum atomic E-state index is 12.5. The van der Waals surface area contributed by atoms with Crippen molar-refractivity contribution in [1.82, 2.24) is 10.5 Å². The van der Waals surface area contributed by atoms with Gasteiger partial charge in [0.15, 0.2) is 11.5 Å². The second kappa shape index (κ2) is 6.70. The van der Waals surface area contributed by atoms with E-state index in [9.17, 15) is 9.59 Å². The zero-order valence-electron chi connectivity index (χ0n) is 15.1. The van der Waals surface area contributed by atoms with Gasteiger partial charge in [-0.15, -0.1) is 0 Å². The quantitative estimate of drug-likeness (QED) is 0.869. The molecule has 2 N–H and O–H groups in total. The van der Waals surface area contributed by atoms with Crippen molar-refractivity contribution in [3.05, 3.63) is 35.2 Å². The van der Waals surface area contributed by atoms with Gasteiger partial charge in [0.1, 0.15) is 17.0 Å². The van der Waals surface area contributed by atoms with Gasteiger partial charge in [-0.2, -0.15) is 0 Å². The van der Waals surface area contributed by atoms with E-state index in [-0.39, 0.29) is 24.7 Å². The molecule has 2 aromatic rings. The third kappa shape index (κ3) is 3.63. The van der Waals surface area contributed by atoms with E-state index >= 15 is 0 Å². The van der Waals surface area contributed by atoms with E-state index < -0.39 is 5.91 Å². The highest BCUT2D eigenvalue weighted by Crippen LogP contribution is 2.34. The molecule has 1 aromatic carbocycles. The first kappa shape index (κ1) is 17.8. The Bertz CT molecular complexity index is 851. The number of aromatic nitrogens is 1. The van der Waals surface area contributed by atoms with Crippen LogP contribution in [-0.4, -0.2) is 30.3 Å². The standard InChI is InChI=1S/C18H21N3O5/c1-10-15(16(21-26-10)18(2,3)4)17(23)19-8-14(22)20-11-5-6-12-13(7-11)25-9-24-12/h5-7H,8-9H2,1-4H3,(H,19,23)(H,20,22). The molecule has 26 heavy (non-hydrogen) atoms. The maximum Gasteiger partial charge on any atom is 0.257 e. The van der Waals surface area contributed by atoms with E-state index in [4.69, 9.17) is 14.0 Å². The summed E-state index contributed by atoms with van der Waals surface area (Å²) in [5.41, 5.74) is 1.14. The second-order valence-corrected chi connectivity index (χ2v) is 7.01. The highest BCUT2D eigenvalue weighted by Gasteiger charge is 2.29. The third-order valence-corrected chi connectivity index (χ3v) is 3.87. The van der Waals surface area contributed by atoms with Crippen LogP contribution in [0.1, 0.15) is 42.6 Å². The largest absolute Gasteiger partial charge is 0.454 e. The van der Waals surface area contributed by atoms with Crippen molar-refractivity contribution < 1.29 is 23.6 Å². The fourth-order valence-electron chi connectivity index (χ4n) is 2.58. The van der Waals surface area contributed by atoms with E-state index in [0.29, 0.717) is 34.2 Å². The molecule has 0 aliphatic carbocycles.